The molecular weight excluding hydrogens is 586 g/mol. The van der Waals surface area contributed by atoms with Crippen LogP contribution in [0.2, 0.25) is 0 Å². The molecule has 15 nitrogen and oxygen atoms in total. The number of aliphatic hydroxyl groups is 1. The normalized spacial score (nSPS) is 20.8. The van der Waals surface area contributed by atoms with Crippen molar-refractivity contribution in [2.24, 2.45) is 5.92 Å². The Morgan fingerprint density at radius 2 is 2.02 bits per heavy atom. The van der Waals surface area contributed by atoms with Gasteiger partial charge in [-0.1, -0.05) is 46.5 Å². The number of carbonyl (C=O) groups excluding carboxylic acids is 4. The monoisotopic (exact) mass is 619 g/mol. The van der Waals surface area contributed by atoms with Gasteiger partial charge >= 0.3 is 6.09 Å². The van der Waals surface area contributed by atoms with Crippen LogP contribution in [-0.2, 0) is 41.6 Å². The standard InChI is InChI=1S/C27H33N5O10S/c1-17(2)13-30(8-9-43(3)38)27(37)39-16-18-4-5-22(41-26-12-19(34)11-20(15-33)40-26)21(10-18)31-14-23(28-29-31)42-32-24(35)6-7-25(32)36/h4-7,10,14-15,17,19-20,26,34H,8-9,11-13,16H2,1-3H3. The molecule has 0 bridgehead atoms. The average Bonchev–Trinajstić information content (AvgIpc) is 3.56. The summed E-state index contributed by atoms with van der Waals surface area (Å²) in [6.45, 7) is 4.52. The Morgan fingerprint density at radius 3 is 2.70 bits per heavy atom. The van der Waals surface area contributed by atoms with E-state index < -0.39 is 47.6 Å². The molecule has 0 radical (unpaired) electrons. The Morgan fingerprint density at radius 1 is 1.28 bits per heavy atom. The number of aromatic nitrogens is 3. The number of ether oxygens (including phenoxy) is 3. The third-order valence-electron chi connectivity index (χ3n) is 6.26. The molecule has 16 heteroatoms. The van der Waals surface area contributed by atoms with Crippen LogP contribution in [0.4, 0.5) is 4.79 Å². The van der Waals surface area contributed by atoms with Crippen LogP contribution in [-0.4, -0.2) is 102 Å². The zero-order valence-corrected chi connectivity index (χ0v) is 24.7. The number of carbonyl (C=O) groups is 4. The number of aliphatic hydroxyl groups excluding tert-OH is 1. The van der Waals surface area contributed by atoms with Crippen LogP contribution in [0.1, 0.15) is 32.3 Å². The van der Waals surface area contributed by atoms with E-state index in [9.17, 15) is 28.8 Å². The summed E-state index contributed by atoms with van der Waals surface area (Å²) in [6.07, 6.45) is 2.65. The summed E-state index contributed by atoms with van der Waals surface area (Å²) in [7, 11) is 0. The molecule has 3 heterocycles. The van der Waals surface area contributed by atoms with Crippen LogP contribution < -0.4 is 9.57 Å². The molecule has 4 unspecified atom stereocenters. The molecule has 43 heavy (non-hydrogen) atoms. The summed E-state index contributed by atoms with van der Waals surface area (Å²) in [4.78, 5) is 54.7. The third-order valence-corrected chi connectivity index (χ3v) is 7.01. The number of rotatable bonds is 13. The molecule has 2 aliphatic heterocycles. The lowest BCUT2D eigenvalue weighted by Crippen LogP contribution is -2.39. The first-order chi connectivity index (χ1) is 20.5. The molecule has 1 fully saturated rings. The van der Waals surface area contributed by atoms with Gasteiger partial charge in [-0.3, -0.25) is 9.59 Å². The molecule has 0 saturated carbocycles. The number of imide groups is 1. The van der Waals surface area contributed by atoms with Crippen molar-refractivity contribution >= 4 is 35.4 Å². The van der Waals surface area contributed by atoms with Gasteiger partial charge < -0.3 is 38.4 Å². The second-order valence-corrected chi connectivity index (χ2v) is 11.9. The molecular formula is C27H33N5O10S. The number of aldehydes is 1. The predicted molar refractivity (Wildman–Crippen MR) is 149 cm³/mol. The largest absolute Gasteiger partial charge is 0.617 e. The molecule has 1 aromatic carbocycles. The van der Waals surface area contributed by atoms with Gasteiger partial charge in [-0.2, -0.15) is 0 Å². The SMILES string of the molecule is CC(C)CN(CC[S+](C)[O-])C(=O)OCc1ccc(OC2CC(O)CC(C=O)O2)c(-n2cc(ON3C(=O)C=CC3=O)nn2)c1. The molecule has 2 aromatic rings. The van der Waals surface area contributed by atoms with E-state index in [0.29, 0.717) is 34.9 Å². The minimum absolute atomic E-state index is 0.106. The summed E-state index contributed by atoms with van der Waals surface area (Å²) in [5.74, 6) is -0.815. The molecule has 3 amide bonds. The van der Waals surface area contributed by atoms with E-state index in [2.05, 4.69) is 10.3 Å². The van der Waals surface area contributed by atoms with E-state index >= 15 is 0 Å². The van der Waals surface area contributed by atoms with Gasteiger partial charge in [0.05, 0.1) is 25.1 Å². The van der Waals surface area contributed by atoms with Crippen LogP contribution in [0.25, 0.3) is 5.69 Å². The Hall–Kier alpha value is -3.99. The Labute approximate surface area is 250 Å². The zero-order valence-electron chi connectivity index (χ0n) is 23.9. The minimum Gasteiger partial charge on any atom is -0.617 e. The Bertz CT molecular complexity index is 1330. The summed E-state index contributed by atoms with van der Waals surface area (Å²) >= 11 is -1.08. The van der Waals surface area contributed by atoms with Crippen molar-refractivity contribution in [1.29, 1.82) is 0 Å². The lowest BCUT2D eigenvalue weighted by molar-refractivity contribution is -0.176. The van der Waals surface area contributed by atoms with Crippen molar-refractivity contribution in [2.45, 2.75) is 51.8 Å². The van der Waals surface area contributed by atoms with E-state index in [1.807, 2.05) is 13.8 Å². The predicted octanol–water partition coefficient (Wildman–Crippen LogP) is 0.903. The highest BCUT2D eigenvalue weighted by molar-refractivity contribution is 7.90. The molecule has 0 aliphatic carbocycles. The second-order valence-electron chi connectivity index (χ2n) is 10.4. The van der Waals surface area contributed by atoms with Crippen molar-refractivity contribution < 1.29 is 47.9 Å². The number of hydrogen-bond donors (Lipinski definition) is 1. The molecule has 4 rings (SSSR count). The van der Waals surface area contributed by atoms with Gasteiger partial charge in [0.2, 0.25) is 6.29 Å². The first-order valence-electron chi connectivity index (χ1n) is 13.5. The van der Waals surface area contributed by atoms with Crippen molar-refractivity contribution in [3.63, 3.8) is 0 Å². The summed E-state index contributed by atoms with van der Waals surface area (Å²) in [5.41, 5.74) is 0.835. The molecule has 232 valence electrons. The van der Waals surface area contributed by atoms with Crippen LogP contribution in [0, 0.1) is 5.92 Å². The molecule has 1 saturated heterocycles. The maximum atomic E-state index is 12.9. The third kappa shape index (κ3) is 8.76. The second kappa shape index (κ2) is 14.5. The van der Waals surface area contributed by atoms with Gasteiger partial charge in [0.25, 0.3) is 17.7 Å². The van der Waals surface area contributed by atoms with Gasteiger partial charge in [-0.05, 0) is 23.6 Å². The topological polar surface area (TPSA) is 186 Å². The van der Waals surface area contributed by atoms with E-state index in [1.165, 1.54) is 15.8 Å². The van der Waals surface area contributed by atoms with E-state index in [4.69, 9.17) is 19.0 Å². The lowest BCUT2D eigenvalue weighted by atomic mass is 10.1. The fourth-order valence-corrected chi connectivity index (χ4v) is 4.76. The maximum Gasteiger partial charge on any atom is 0.410 e. The van der Waals surface area contributed by atoms with Gasteiger partial charge in [-0.15, -0.1) is 0 Å². The highest BCUT2D eigenvalue weighted by Crippen LogP contribution is 2.30. The number of amides is 3. The number of benzene rings is 1. The number of hydroxylamine groups is 2. The Kier molecular flexibility index (Phi) is 10.7. The first-order valence-corrected chi connectivity index (χ1v) is 15.2. The van der Waals surface area contributed by atoms with Crippen LogP contribution in [0.3, 0.4) is 0 Å². The number of nitrogens with zero attached hydrogens (tertiary/aromatic N) is 5. The number of hydrogen-bond acceptors (Lipinski definition) is 12. The molecule has 4 atom stereocenters. The van der Waals surface area contributed by atoms with Crippen LogP contribution in [0.5, 0.6) is 11.6 Å². The van der Waals surface area contributed by atoms with Crippen molar-refractivity contribution in [3.05, 3.63) is 42.1 Å². The smallest absolute Gasteiger partial charge is 0.410 e. The fourth-order valence-electron chi connectivity index (χ4n) is 4.28. The molecule has 1 aromatic heterocycles. The fraction of sp³-hybridized carbons (Fsp3) is 0.481. The molecule has 2 aliphatic rings. The van der Waals surface area contributed by atoms with E-state index in [1.54, 1.807) is 24.5 Å². The Balaban J connectivity index is 1.55. The maximum absolute atomic E-state index is 12.9. The first kappa shape index (κ1) is 31.9. The van der Waals surface area contributed by atoms with Crippen molar-refractivity contribution in [3.8, 4) is 17.3 Å². The molecule has 1 N–H and O–H groups in total. The van der Waals surface area contributed by atoms with E-state index in [0.717, 1.165) is 12.2 Å². The average molecular weight is 620 g/mol. The van der Waals surface area contributed by atoms with Crippen LogP contribution in [0.15, 0.2) is 36.5 Å². The summed E-state index contributed by atoms with van der Waals surface area (Å²) in [6, 6.07) is 4.84. The zero-order chi connectivity index (χ0) is 31.1. The van der Waals surface area contributed by atoms with Gasteiger partial charge in [0.1, 0.15) is 36.2 Å². The quantitative estimate of drug-likeness (QED) is 0.190. The minimum atomic E-state index is -1.08. The van der Waals surface area contributed by atoms with E-state index in [-0.39, 0.29) is 43.5 Å². The summed E-state index contributed by atoms with van der Waals surface area (Å²) in [5, 5.41) is 18.6. The van der Waals surface area contributed by atoms with Gasteiger partial charge in [-0.25, -0.2) is 9.48 Å². The summed E-state index contributed by atoms with van der Waals surface area (Å²) < 4.78 is 30.0. The van der Waals surface area contributed by atoms with Gasteiger partial charge in [0, 0.05) is 31.5 Å². The van der Waals surface area contributed by atoms with Crippen molar-refractivity contribution in [2.75, 3.05) is 25.1 Å². The van der Waals surface area contributed by atoms with Crippen LogP contribution >= 0.6 is 0 Å². The van der Waals surface area contributed by atoms with Crippen molar-refractivity contribution in [1.82, 2.24) is 25.0 Å². The lowest BCUT2D eigenvalue weighted by Gasteiger charge is -2.31. The highest BCUT2D eigenvalue weighted by Gasteiger charge is 2.31. The van der Waals surface area contributed by atoms with Gasteiger partial charge in [0.15, 0.2) is 0 Å². The molecule has 0 spiro atoms. The highest BCUT2D eigenvalue weighted by atomic mass is 32.2.